The first-order valence-corrected chi connectivity index (χ1v) is 5.87. The molecule has 0 aliphatic carbocycles. The maximum absolute atomic E-state index is 11.9. The fourth-order valence-corrected chi connectivity index (χ4v) is 1.84. The van der Waals surface area contributed by atoms with Gasteiger partial charge in [0.1, 0.15) is 10.8 Å². The molecule has 0 aliphatic heterocycles. The molecule has 6 heteroatoms. The van der Waals surface area contributed by atoms with Gasteiger partial charge in [-0.2, -0.15) is 0 Å². The summed E-state index contributed by atoms with van der Waals surface area (Å²) in [6.07, 6.45) is 2.70. The molecule has 1 N–H and O–H groups in total. The van der Waals surface area contributed by atoms with Crippen molar-refractivity contribution in [3.63, 3.8) is 0 Å². The van der Waals surface area contributed by atoms with Crippen molar-refractivity contribution in [3.05, 3.63) is 52.0 Å². The number of hydrogen-bond acceptors (Lipinski definition) is 3. The molecule has 1 aromatic heterocycles. The average molecular weight is 282 g/mol. The molecular formula is C12H9Cl2N3O. The minimum Gasteiger partial charge on any atom is -0.319 e. The molecule has 1 aromatic carbocycles. The molecule has 0 saturated heterocycles. The van der Waals surface area contributed by atoms with Gasteiger partial charge in [-0.3, -0.25) is 9.78 Å². The van der Waals surface area contributed by atoms with Gasteiger partial charge >= 0.3 is 0 Å². The van der Waals surface area contributed by atoms with Gasteiger partial charge in [-0.15, -0.1) is 0 Å². The molecule has 1 amide bonds. The van der Waals surface area contributed by atoms with Gasteiger partial charge in [-0.05, 0) is 18.6 Å². The Hall–Kier alpha value is -1.65. The Balaban J connectivity index is 2.27. The Labute approximate surface area is 114 Å². The minimum atomic E-state index is -0.402. The van der Waals surface area contributed by atoms with Gasteiger partial charge in [-0.25, -0.2) is 4.98 Å². The Morgan fingerprint density at radius 2 is 2.06 bits per heavy atom. The van der Waals surface area contributed by atoms with E-state index in [9.17, 15) is 4.79 Å². The van der Waals surface area contributed by atoms with Crippen LogP contribution in [0.15, 0.2) is 30.6 Å². The summed E-state index contributed by atoms with van der Waals surface area (Å²) in [7, 11) is 0. The van der Waals surface area contributed by atoms with Crippen molar-refractivity contribution in [3.8, 4) is 0 Å². The fraction of sp³-hybridized carbons (Fsp3) is 0.0833. The summed E-state index contributed by atoms with van der Waals surface area (Å²) in [5, 5.41) is 3.33. The molecular weight excluding hydrogens is 273 g/mol. The van der Waals surface area contributed by atoms with Crippen molar-refractivity contribution in [2.24, 2.45) is 0 Å². The Bertz CT molecular complexity index is 581. The number of nitrogens with one attached hydrogen (secondary N) is 1. The summed E-state index contributed by atoms with van der Waals surface area (Å²) in [5.74, 6) is -0.402. The van der Waals surface area contributed by atoms with Crippen molar-refractivity contribution in [1.29, 1.82) is 0 Å². The predicted molar refractivity (Wildman–Crippen MR) is 71.2 cm³/mol. The molecule has 2 aromatic rings. The zero-order valence-corrected chi connectivity index (χ0v) is 11.0. The molecule has 0 aliphatic rings. The van der Waals surface area contributed by atoms with E-state index in [1.807, 2.05) is 19.1 Å². The molecule has 0 bridgehead atoms. The van der Waals surface area contributed by atoms with E-state index < -0.39 is 5.91 Å². The van der Waals surface area contributed by atoms with Gasteiger partial charge in [0.05, 0.1) is 23.1 Å². The second-order valence-corrected chi connectivity index (χ2v) is 4.41. The SMILES string of the molecule is Cc1cccc(Cl)c1NC(=O)c1cncc(Cl)n1. The van der Waals surface area contributed by atoms with E-state index in [4.69, 9.17) is 23.2 Å². The minimum absolute atomic E-state index is 0.141. The summed E-state index contributed by atoms with van der Waals surface area (Å²) in [4.78, 5) is 19.6. The van der Waals surface area contributed by atoms with Gasteiger partial charge in [0, 0.05) is 0 Å². The lowest BCUT2D eigenvalue weighted by molar-refractivity contribution is 0.102. The zero-order valence-electron chi connectivity index (χ0n) is 9.45. The summed E-state index contributed by atoms with van der Waals surface area (Å²) in [6, 6.07) is 5.37. The Morgan fingerprint density at radius 1 is 1.28 bits per heavy atom. The highest BCUT2D eigenvalue weighted by molar-refractivity contribution is 6.34. The number of aromatic nitrogens is 2. The summed E-state index contributed by atoms with van der Waals surface area (Å²) < 4.78 is 0. The highest BCUT2D eigenvalue weighted by atomic mass is 35.5. The van der Waals surface area contributed by atoms with Crippen LogP contribution < -0.4 is 5.32 Å². The van der Waals surface area contributed by atoms with E-state index in [0.717, 1.165) is 5.56 Å². The van der Waals surface area contributed by atoms with Crippen LogP contribution in [0.4, 0.5) is 5.69 Å². The number of benzene rings is 1. The lowest BCUT2D eigenvalue weighted by Crippen LogP contribution is -2.15. The topological polar surface area (TPSA) is 54.9 Å². The largest absolute Gasteiger partial charge is 0.319 e. The quantitative estimate of drug-likeness (QED) is 0.919. The molecule has 18 heavy (non-hydrogen) atoms. The van der Waals surface area contributed by atoms with E-state index >= 15 is 0 Å². The van der Waals surface area contributed by atoms with Crippen LogP contribution in [0.5, 0.6) is 0 Å². The first-order valence-electron chi connectivity index (χ1n) is 5.12. The maximum Gasteiger partial charge on any atom is 0.275 e. The van der Waals surface area contributed by atoms with Crippen molar-refractivity contribution in [2.75, 3.05) is 5.32 Å². The van der Waals surface area contributed by atoms with Crippen LogP contribution in [0.1, 0.15) is 16.1 Å². The molecule has 1 heterocycles. The molecule has 4 nitrogen and oxygen atoms in total. The number of halogens is 2. The summed E-state index contributed by atoms with van der Waals surface area (Å²) in [6.45, 7) is 1.85. The standard InChI is InChI=1S/C12H9Cl2N3O/c1-7-3-2-4-8(13)11(7)17-12(18)9-5-15-6-10(14)16-9/h2-6H,1H3,(H,17,18). The number of carbonyl (C=O) groups is 1. The number of rotatable bonds is 2. The highest BCUT2D eigenvalue weighted by Crippen LogP contribution is 2.25. The van der Waals surface area contributed by atoms with Crippen molar-refractivity contribution in [2.45, 2.75) is 6.92 Å². The van der Waals surface area contributed by atoms with Crippen molar-refractivity contribution < 1.29 is 4.79 Å². The maximum atomic E-state index is 11.9. The molecule has 0 saturated carbocycles. The van der Waals surface area contributed by atoms with Crippen LogP contribution in [0, 0.1) is 6.92 Å². The van der Waals surface area contributed by atoms with Crippen LogP contribution in [0.2, 0.25) is 10.2 Å². The van der Waals surface area contributed by atoms with Crippen LogP contribution in [0.25, 0.3) is 0 Å². The zero-order chi connectivity index (χ0) is 13.1. The predicted octanol–water partition coefficient (Wildman–Crippen LogP) is 3.34. The summed E-state index contributed by atoms with van der Waals surface area (Å²) >= 11 is 11.7. The smallest absolute Gasteiger partial charge is 0.275 e. The second kappa shape index (κ2) is 5.33. The third-order valence-electron chi connectivity index (χ3n) is 2.30. The molecule has 0 atom stereocenters. The van der Waals surface area contributed by atoms with E-state index in [0.29, 0.717) is 10.7 Å². The number of carbonyl (C=O) groups excluding carboxylic acids is 1. The van der Waals surface area contributed by atoms with Gasteiger partial charge in [0.15, 0.2) is 0 Å². The third-order valence-corrected chi connectivity index (χ3v) is 2.80. The van der Waals surface area contributed by atoms with Crippen molar-refractivity contribution in [1.82, 2.24) is 9.97 Å². The fourth-order valence-electron chi connectivity index (χ4n) is 1.42. The number of aryl methyl sites for hydroxylation is 1. The van der Waals surface area contributed by atoms with Gasteiger partial charge in [0.2, 0.25) is 0 Å². The molecule has 2 rings (SSSR count). The van der Waals surface area contributed by atoms with Crippen LogP contribution >= 0.6 is 23.2 Å². The Kier molecular flexibility index (Phi) is 3.79. The van der Waals surface area contributed by atoms with Gasteiger partial charge < -0.3 is 5.32 Å². The van der Waals surface area contributed by atoms with Crippen LogP contribution in [0.3, 0.4) is 0 Å². The lowest BCUT2D eigenvalue weighted by Gasteiger charge is -2.09. The van der Waals surface area contributed by atoms with Gasteiger partial charge in [0.25, 0.3) is 5.91 Å². The van der Waals surface area contributed by atoms with E-state index in [1.54, 1.807) is 6.07 Å². The lowest BCUT2D eigenvalue weighted by atomic mass is 10.2. The first-order chi connectivity index (χ1) is 8.58. The van der Waals surface area contributed by atoms with E-state index in [1.165, 1.54) is 12.4 Å². The van der Waals surface area contributed by atoms with E-state index in [-0.39, 0.29) is 10.8 Å². The molecule has 0 fully saturated rings. The highest BCUT2D eigenvalue weighted by Gasteiger charge is 2.12. The normalized spacial score (nSPS) is 10.2. The second-order valence-electron chi connectivity index (χ2n) is 3.61. The third kappa shape index (κ3) is 2.78. The van der Waals surface area contributed by atoms with Crippen LogP contribution in [-0.4, -0.2) is 15.9 Å². The molecule has 0 unspecified atom stereocenters. The average Bonchev–Trinajstić information content (AvgIpc) is 2.34. The number of amides is 1. The van der Waals surface area contributed by atoms with E-state index in [2.05, 4.69) is 15.3 Å². The number of nitrogens with zero attached hydrogens (tertiary/aromatic N) is 2. The number of anilines is 1. The van der Waals surface area contributed by atoms with Crippen molar-refractivity contribution >= 4 is 34.8 Å². The summed E-state index contributed by atoms with van der Waals surface area (Å²) in [5.41, 5.74) is 1.57. The Morgan fingerprint density at radius 3 is 2.72 bits per heavy atom. The monoisotopic (exact) mass is 281 g/mol. The molecule has 0 radical (unpaired) electrons. The molecule has 0 spiro atoms. The molecule has 92 valence electrons. The van der Waals surface area contributed by atoms with Crippen LogP contribution in [-0.2, 0) is 0 Å². The number of hydrogen-bond donors (Lipinski definition) is 1. The van der Waals surface area contributed by atoms with Gasteiger partial charge in [-0.1, -0.05) is 35.3 Å². The first kappa shape index (κ1) is 12.8. The number of para-hydroxylation sites is 1.